The van der Waals surface area contributed by atoms with Crippen LogP contribution in [0.5, 0.6) is 0 Å². The second-order valence-corrected chi connectivity index (χ2v) is 7.03. The Bertz CT molecular complexity index is 916. The molecule has 0 bridgehead atoms. The van der Waals surface area contributed by atoms with Crippen molar-refractivity contribution in [1.29, 1.82) is 0 Å². The van der Waals surface area contributed by atoms with E-state index in [2.05, 4.69) is 6.92 Å². The summed E-state index contributed by atoms with van der Waals surface area (Å²) in [5.74, 6) is -3.40. The van der Waals surface area contributed by atoms with Gasteiger partial charge in [-0.1, -0.05) is 81.3 Å². The number of rotatable bonds is 6. The van der Waals surface area contributed by atoms with Gasteiger partial charge in [0.2, 0.25) is 0 Å². The number of halogens is 3. The van der Waals surface area contributed by atoms with Crippen LogP contribution < -0.4 is 0 Å². The van der Waals surface area contributed by atoms with Gasteiger partial charge in [0, 0.05) is 5.56 Å². The van der Waals surface area contributed by atoms with Gasteiger partial charge >= 0.3 is 0 Å². The van der Waals surface area contributed by atoms with Gasteiger partial charge in [-0.2, -0.15) is 0 Å². The van der Waals surface area contributed by atoms with E-state index in [1.54, 1.807) is 12.1 Å². The Kier molecular flexibility index (Phi) is 6.00. The summed E-state index contributed by atoms with van der Waals surface area (Å²) in [6.07, 6.45) is 2.27. The highest BCUT2D eigenvalue weighted by Crippen LogP contribution is 2.36. The van der Waals surface area contributed by atoms with Crippen LogP contribution in [0.15, 0.2) is 60.7 Å². The fourth-order valence-corrected chi connectivity index (χ4v) is 3.56. The van der Waals surface area contributed by atoms with E-state index < -0.39 is 17.5 Å². The third-order valence-electron chi connectivity index (χ3n) is 4.87. The summed E-state index contributed by atoms with van der Waals surface area (Å²) in [5.41, 5.74) is 2.58. The lowest BCUT2D eigenvalue weighted by atomic mass is 9.90. The first-order valence-electron chi connectivity index (χ1n) is 9.34. The molecule has 0 amide bonds. The molecule has 3 aromatic rings. The van der Waals surface area contributed by atoms with Crippen molar-refractivity contribution in [3.8, 4) is 22.3 Å². The molecule has 0 aliphatic heterocycles. The summed E-state index contributed by atoms with van der Waals surface area (Å²) in [4.78, 5) is 0. The molecule has 3 heteroatoms. The van der Waals surface area contributed by atoms with Crippen molar-refractivity contribution in [3.63, 3.8) is 0 Å². The topological polar surface area (TPSA) is 0 Å². The van der Waals surface area contributed by atoms with Crippen LogP contribution in [0.25, 0.3) is 22.3 Å². The Morgan fingerprint density at radius 2 is 1.37 bits per heavy atom. The monoisotopic (exact) mass is 368 g/mol. The summed E-state index contributed by atoms with van der Waals surface area (Å²) in [7, 11) is 0. The number of hydrogen-bond donors (Lipinski definition) is 0. The minimum Gasteiger partial charge on any atom is -0.203 e. The first-order valence-corrected chi connectivity index (χ1v) is 9.34. The largest absolute Gasteiger partial charge is 0.203 e. The van der Waals surface area contributed by atoms with Gasteiger partial charge < -0.3 is 0 Å². The molecule has 0 unspecified atom stereocenters. The molecule has 0 fully saturated rings. The van der Waals surface area contributed by atoms with Crippen molar-refractivity contribution in [1.82, 2.24) is 0 Å². The Hall–Kier alpha value is -2.55. The van der Waals surface area contributed by atoms with Crippen molar-refractivity contribution in [2.24, 2.45) is 5.92 Å². The zero-order chi connectivity index (χ0) is 19.4. The highest BCUT2D eigenvalue weighted by atomic mass is 19.2. The molecule has 0 saturated heterocycles. The van der Waals surface area contributed by atoms with Crippen molar-refractivity contribution in [2.75, 3.05) is 0 Å². The number of benzene rings is 3. The minimum atomic E-state index is -1.39. The molecule has 0 saturated carbocycles. The lowest BCUT2D eigenvalue weighted by Crippen LogP contribution is -2.06. The van der Waals surface area contributed by atoms with Crippen molar-refractivity contribution in [3.05, 3.63) is 83.7 Å². The van der Waals surface area contributed by atoms with Crippen LogP contribution in [0.4, 0.5) is 13.2 Å². The Morgan fingerprint density at radius 1 is 0.741 bits per heavy atom. The van der Waals surface area contributed by atoms with E-state index in [0.29, 0.717) is 12.0 Å². The highest BCUT2D eigenvalue weighted by molar-refractivity contribution is 5.83. The maximum atomic E-state index is 14.7. The predicted octanol–water partition coefficient (Wildman–Crippen LogP) is 7.42. The lowest BCUT2D eigenvalue weighted by molar-refractivity contribution is 0.432. The molecule has 3 rings (SSSR count). The maximum absolute atomic E-state index is 14.7. The van der Waals surface area contributed by atoms with E-state index in [4.69, 9.17) is 0 Å². The SMILES string of the molecule is CCC[C@@H](C)Cc1cc(-c2ccccc2-c2ccccc2)c(F)c(F)c1F. The van der Waals surface area contributed by atoms with Crippen LogP contribution in [-0.2, 0) is 6.42 Å². The summed E-state index contributed by atoms with van der Waals surface area (Å²) >= 11 is 0. The van der Waals surface area contributed by atoms with Crippen LogP contribution in [0.3, 0.4) is 0 Å². The van der Waals surface area contributed by atoms with Gasteiger partial charge in [-0.05, 0) is 40.7 Å². The molecule has 3 aromatic carbocycles. The van der Waals surface area contributed by atoms with E-state index in [9.17, 15) is 13.2 Å². The zero-order valence-corrected chi connectivity index (χ0v) is 15.6. The molecule has 0 N–H and O–H groups in total. The Labute approximate surface area is 158 Å². The first kappa shape index (κ1) is 19.2. The summed E-state index contributed by atoms with van der Waals surface area (Å²) in [6.45, 7) is 4.06. The summed E-state index contributed by atoms with van der Waals surface area (Å²) in [5, 5.41) is 0. The molecule has 0 aliphatic carbocycles. The second kappa shape index (κ2) is 8.43. The maximum Gasteiger partial charge on any atom is 0.195 e. The van der Waals surface area contributed by atoms with Gasteiger partial charge in [0.25, 0.3) is 0 Å². The first-order chi connectivity index (χ1) is 13.0. The van der Waals surface area contributed by atoms with Gasteiger partial charge in [0.05, 0.1) is 0 Å². The molecule has 0 radical (unpaired) electrons. The fourth-order valence-electron chi connectivity index (χ4n) is 3.56. The Balaban J connectivity index is 2.14. The summed E-state index contributed by atoms with van der Waals surface area (Å²) in [6, 6.07) is 18.2. The van der Waals surface area contributed by atoms with Crippen LogP contribution in [-0.4, -0.2) is 0 Å². The van der Waals surface area contributed by atoms with Gasteiger partial charge in [0.1, 0.15) is 0 Å². The smallest absolute Gasteiger partial charge is 0.195 e. The van der Waals surface area contributed by atoms with E-state index in [-0.39, 0.29) is 17.0 Å². The normalized spacial score (nSPS) is 12.2. The highest BCUT2D eigenvalue weighted by Gasteiger charge is 2.22. The average molecular weight is 368 g/mol. The Morgan fingerprint density at radius 3 is 2.04 bits per heavy atom. The third kappa shape index (κ3) is 4.08. The predicted molar refractivity (Wildman–Crippen MR) is 105 cm³/mol. The molecule has 27 heavy (non-hydrogen) atoms. The molecule has 0 spiro atoms. The third-order valence-corrected chi connectivity index (χ3v) is 4.87. The van der Waals surface area contributed by atoms with Gasteiger partial charge in [-0.25, -0.2) is 13.2 Å². The standard InChI is InChI=1S/C24H23F3/c1-3-9-16(2)14-18-15-21(23(26)24(27)22(18)25)20-13-8-7-12-19(20)17-10-5-4-6-11-17/h4-8,10-13,15-16H,3,9,14H2,1-2H3/t16-/m1/s1. The molecule has 0 aromatic heterocycles. The molecule has 140 valence electrons. The van der Waals surface area contributed by atoms with Gasteiger partial charge in [-0.15, -0.1) is 0 Å². The van der Waals surface area contributed by atoms with E-state index >= 15 is 0 Å². The van der Waals surface area contributed by atoms with Crippen molar-refractivity contribution >= 4 is 0 Å². The van der Waals surface area contributed by atoms with Gasteiger partial charge in [-0.3, -0.25) is 0 Å². The molecular formula is C24H23F3. The van der Waals surface area contributed by atoms with Crippen LogP contribution >= 0.6 is 0 Å². The molecule has 0 nitrogen and oxygen atoms in total. The van der Waals surface area contributed by atoms with Crippen molar-refractivity contribution < 1.29 is 13.2 Å². The number of hydrogen-bond acceptors (Lipinski definition) is 0. The van der Waals surface area contributed by atoms with Crippen LogP contribution in [0, 0.1) is 23.4 Å². The fraction of sp³-hybridized carbons (Fsp3) is 0.250. The molecule has 0 heterocycles. The average Bonchev–Trinajstić information content (AvgIpc) is 2.69. The van der Waals surface area contributed by atoms with Gasteiger partial charge in [0.15, 0.2) is 17.5 Å². The van der Waals surface area contributed by atoms with E-state index in [1.165, 1.54) is 6.07 Å². The van der Waals surface area contributed by atoms with E-state index in [1.807, 2.05) is 49.4 Å². The van der Waals surface area contributed by atoms with Crippen LogP contribution in [0.2, 0.25) is 0 Å². The molecular weight excluding hydrogens is 345 g/mol. The zero-order valence-electron chi connectivity index (χ0n) is 15.6. The minimum absolute atomic E-state index is 0.104. The van der Waals surface area contributed by atoms with E-state index in [0.717, 1.165) is 24.0 Å². The quantitative estimate of drug-likeness (QED) is 0.397. The molecule has 1 atom stereocenters. The van der Waals surface area contributed by atoms with Crippen LogP contribution in [0.1, 0.15) is 32.3 Å². The second-order valence-electron chi connectivity index (χ2n) is 7.03. The van der Waals surface area contributed by atoms with Crippen molar-refractivity contribution in [2.45, 2.75) is 33.1 Å². The molecule has 0 aliphatic rings. The summed E-state index contributed by atoms with van der Waals surface area (Å²) < 4.78 is 43.4. The lowest BCUT2D eigenvalue weighted by Gasteiger charge is -2.16.